The lowest BCUT2D eigenvalue weighted by Crippen LogP contribution is -2.03. The summed E-state index contributed by atoms with van der Waals surface area (Å²) in [5.41, 5.74) is 0. The Morgan fingerprint density at radius 1 is 0.636 bits per heavy atom. The standard InChI is InChI=1S/C21H42O/c1-4-5-6-7-8-9-10-11-12-13-14-15-16-17-18-19-20-22-21(2)3/h11-12,21H,4-10,13-20H2,1-3H3/b12-11-. The van der Waals surface area contributed by atoms with E-state index in [1.54, 1.807) is 0 Å². The third-order valence-corrected chi connectivity index (χ3v) is 4.11. The largest absolute Gasteiger partial charge is 0.379 e. The summed E-state index contributed by atoms with van der Waals surface area (Å²) in [6.07, 6.45) is 24.3. The van der Waals surface area contributed by atoms with Crippen LogP contribution in [0.1, 0.15) is 111 Å². The zero-order valence-electron chi connectivity index (χ0n) is 15.7. The zero-order valence-corrected chi connectivity index (χ0v) is 15.7. The molecule has 0 aromatic heterocycles. The third kappa shape index (κ3) is 19.7. The van der Waals surface area contributed by atoms with Gasteiger partial charge in [-0.1, -0.05) is 76.9 Å². The van der Waals surface area contributed by atoms with E-state index < -0.39 is 0 Å². The van der Waals surface area contributed by atoms with Gasteiger partial charge in [-0.3, -0.25) is 0 Å². The Bertz CT molecular complexity index is 220. The minimum absolute atomic E-state index is 0.392. The highest BCUT2D eigenvalue weighted by molar-refractivity contribution is 4.81. The summed E-state index contributed by atoms with van der Waals surface area (Å²) in [7, 11) is 0. The van der Waals surface area contributed by atoms with Gasteiger partial charge in [-0.25, -0.2) is 0 Å². The van der Waals surface area contributed by atoms with E-state index in [0.29, 0.717) is 6.10 Å². The zero-order chi connectivity index (χ0) is 16.3. The summed E-state index contributed by atoms with van der Waals surface area (Å²) in [5, 5.41) is 0. The topological polar surface area (TPSA) is 9.23 Å². The van der Waals surface area contributed by atoms with Crippen molar-refractivity contribution in [2.75, 3.05) is 6.61 Å². The minimum Gasteiger partial charge on any atom is -0.379 e. The molecule has 0 saturated heterocycles. The molecule has 0 rings (SSSR count). The molecular weight excluding hydrogens is 268 g/mol. The van der Waals surface area contributed by atoms with Crippen LogP contribution in [-0.2, 0) is 4.74 Å². The van der Waals surface area contributed by atoms with E-state index in [2.05, 4.69) is 32.9 Å². The molecule has 1 nitrogen and oxygen atoms in total. The number of hydrogen-bond donors (Lipinski definition) is 0. The lowest BCUT2D eigenvalue weighted by atomic mass is 10.1. The van der Waals surface area contributed by atoms with Crippen LogP contribution in [-0.4, -0.2) is 12.7 Å². The van der Waals surface area contributed by atoms with Crippen molar-refractivity contribution in [2.45, 2.75) is 117 Å². The Morgan fingerprint density at radius 3 is 1.59 bits per heavy atom. The Morgan fingerprint density at radius 2 is 1.09 bits per heavy atom. The van der Waals surface area contributed by atoms with Gasteiger partial charge in [0.05, 0.1) is 6.10 Å². The smallest absolute Gasteiger partial charge is 0.0518 e. The number of rotatable bonds is 17. The first kappa shape index (κ1) is 21.7. The maximum atomic E-state index is 5.55. The van der Waals surface area contributed by atoms with Gasteiger partial charge in [0.2, 0.25) is 0 Å². The van der Waals surface area contributed by atoms with E-state index in [4.69, 9.17) is 4.74 Å². The number of unbranched alkanes of at least 4 members (excludes halogenated alkanes) is 12. The Balaban J connectivity index is 3.05. The van der Waals surface area contributed by atoms with Crippen molar-refractivity contribution in [3.05, 3.63) is 12.2 Å². The van der Waals surface area contributed by atoms with Crippen LogP contribution in [0, 0.1) is 0 Å². The first-order valence-electron chi connectivity index (χ1n) is 10.0. The number of allylic oxidation sites excluding steroid dienone is 2. The predicted octanol–water partition coefficient (Wildman–Crippen LogP) is 7.45. The second kappa shape index (κ2) is 18.7. The first-order chi connectivity index (χ1) is 10.8. The lowest BCUT2D eigenvalue weighted by Gasteiger charge is -2.06. The molecule has 0 amide bonds. The predicted molar refractivity (Wildman–Crippen MR) is 101 cm³/mol. The molecule has 0 spiro atoms. The van der Waals surface area contributed by atoms with E-state index >= 15 is 0 Å². The van der Waals surface area contributed by atoms with Crippen LogP contribution in [0.5, 0.6) is 0 Å². The number of ether oxygens (including phenoxy) is 1. The van der Waals surface area contributed by atoms with Gasteiger partial charge in [0, 0.05) is 6.61 Å². The molecule has 0 bridgehead atoms. The van der Waals surface area contributed by atoms with E-state index in [9.17, 15) is 0 Å². The van der Waals surface area contributed by atoms with Gasteiger partial charge in [0.15, 0.2) is 0 Å². The third-order valence-electron chi connectivity index (χ3n) is 4.11. The molecule has 0 heterocycles. The molecule has 0 unspecified atom stereocenters. The van der Waals surface area contributed by atoms with Gasteiger partial charge in [-0.2, -0.15) is 0 Å². The van der Waals surface area contributed by atoms with Crippen LogP contribution in [0.4, 0.5) is 0 Å². The SMILES string of the molecule is CCCCCCCC/C=C\CCCCCCCCOC(C)C. The average molecular weight is 311 g/mol. The second-order valence-corrected chi connectivity index (χ2v) is 6.86. The van der Waals surface area contributed by atoms with E-state index in [0.717, 1.165) is 6.61 Å². The molecule has 1 heteroatoms. The summed E-state index contributed by atoms with van der Waals surface area (Å²) >= 11 is 0. The van der Waals surface area contributed by atoms with Gasteiger partial charge in [0.25, 0.3) is 0 Å². The fraction of sp³-hybridized carbons (Fsp3) is 0.905. The summed E-state index contributed by atoms with van der Waals surface area (Å²) in [5.74, 6) is 0. The maximum absolute atomic E-state index is 5.55. The first-order valence-corrected chi connectivity index (χ1v) is 10.0. The van der Waals surface area contributed by atoms with Crippen LogP contribution in [0.2, 0.25) is 0 Å². The fourth-order valence-electron chi connectivity index (χ4n) is 2.67. The van der Waals surface area contributed by atoms with Crippen LogP contribution in [0.15, 0.2) is 12.2 Å². The molecule has 0 aromatic rings. The number of hydrogen-bond acceptors (Lipinski definition) is 1. The molecule has 0 aliphatic rings. The van der Waals surface area contributed by atoms with E-state index in [1.165, 1.54) is 89.9 Å². The molecule has 0 radical (unpaired) electrons. The van der Waals surface area contributed by atoms with Crippen molar-refractivity contribution >= 4 is 0 Å². The van der Waals surface area contributed by atoms with Gasteiger partial charge in [0.1, 0.15) is 0 Å². The molecular formula is C21H42O. The molecule has 0 atom stereocenters. The van der Waals surface area contributed by atoms with Crippen LogP contribution >= 0.6 is 0 Å². The molecule has 0 N–H and O–H groups in total. The Kier molecular flexibility index (Phi) is 18.5. The molecule has 0 aliphatic carbocycles. The van der Waals surface area contributed by atoms with Crippen molar-refractivity contribution < 1.29 is 4.74 Å². The fourth-order valence-corrected chi connectivity index (χ4v) is 2.67. The Labute approximate surface area is 140 Å². The molecule has 22 heavy (non-hydrogen) atoms. The van der Waals surface area contributed by atoms with Gasteiger partial charge in [-0.05, 0) is 46.0 Å². The van der Waals surface area contributed by atoms with Gasteiger partial charge >= 0.3 is 0 Å². The van der Waals surface area contributed by atoms with E-state index in [-0.39, 0.29) is 0 Å². The van der Waals surface area contributed by atoms with E-state index in [1.807, 2.05) is 0 Å². The monoisotopic (exact) mass is 310 g/mol. The summed E-state index contributed by atoms with van der Waals surface area (Å²) < 4.78 is 5.55. The minimum atomic E-state index is 0.392. The average Bonchev–Trinajstić information content (AvgIpc) is 2.50. The molecule has 0 fully saturated rings. The normalized spacial score (nSPS) is 11.8. The summed E-state index contributed by atoms with van der Waals surface area (Å²) in [6.45, 7) is 7.45. The van der Waals surface area contributed by atoms with Crippen LogP contribution in [0.25, 0.3) is 0 Å². The highest BCUT2D eigenvalue weighted by Crippen LogP contribution is 2.10. The molecule has 0 aromatic carbocycles. The molecule has 0 saturated carbocycles. The highest BCUT2D eigenvalue weighted by atomic mass is 16.5. The quantitative estimate of drug-likeness (QED) is 0.200. The van der Waals surface area contributed by atoms with Crippen molar-refractivity contribution in [1.82, 2.24) is 0 Å². The van der Waals surface area contributed by atoms with Crippen molar-refractivity contribution in [3.8, 4) is 0 Å². The van der Waals surface area contributed by atoms with Crippen molar-refractivity contribution in [2.24, 2.45) is 0 Å². The van der Waals surface area contributed by atoms with Crippen molar-refractivity contribution in [1.29, 1.82) is 0 Å². The van der Waals surface area contributed by atoms with Crippen LogP contribution < -0.4 is 0 Å². The Hall–Kier alpha value is -0.300. The second-order valence-electron chi connectivity index (χ2n) is 6.86. The summed E-state index contributed by atoms with van der Waals surface area (Å²) in [4.78, 5) is 0. The van der Waals surface area contributed by atoms with Crippen LogP contribution in [0.3, 0.4) is 0 Å². The highest BCUT2D eigenvalue weighted by Gasteiger charge is 1.94. The van der Waals surface area contributed by atoms with Crippen molar-refractivity contribution in [3.63, 3.8) is 0 Å². The maximum Gasteiger partial charge on any atom is 0.0518 e. The summed E-state index contributed by atoms with van der Waals surface area (Å²) in [6, 6.07) is 0. The van der Waals surface area contributed by atoms with Gasteiger partial charge in [-0.15, -0.1) is 0 Å². The van der Waals surface area contributed by atoms with Gasteiger partial charge < -0.3 is 4.74 Å². The molecule has 132 valence electrons. The lowest BCUT2D eigenvalue weighted by molar-refractivity contribution is 0.0757. The molecule has 0 aliphatic heterocycles.